The van der Waals surface area contributed by atoms with E-state index in [4.69, 9.17) is 4.74 Å². The van der Waals surface area contributed by atoms with Crippen LogP contribution in [-0.2, 0) is 11.2 Å². The molecule has 0 N–H and O–H groups in total. The molecule has 1 fully saturated rings. The number of benzene rings is 2. The normalized spacial score (nSPS) is 16.5. The van der Waals surface area contributed by atoms with Crippen molar-refractivity contribution in [3.8, 4) is 5.75 Å². The molecule has 1 aliphatic heterocycles. The quantitative estimate of drug-likeness (QED) is 0.726. The summed E-state index contributed by atoms with van der Waals surface area (Å²) in [4.78, 5) is 14.6. The summed E-state index contributed by atoms with van der Waals surface area (Å²) in [6.45, 7) is 3.48. The molecule has 0 bridgehead atoms. The number of piperidine rings is 1. The molecule has 1 aliphatic rings. The second-order valence-corrected chi connectivity index (χ2v) is 7.59. The molecule has 132 valence electrons. The Balaban J connectivity index is 1.48. The van der Waals surface area contributed by atoms with E-state index in [0.717, 1.165) is 42.6 Å². The summed E-state index contributed by atoms with van der Waals surface area (Å²) in [7, 11) is 0. The van der Waals surface area contributed by atoms with Gasteiger partial charge in [0, 0.05) is 17.6 Å². The van der Waals surface area contributed by atoms with Gasteiger partial charge in [0.15, 0.2) is 6.10 Å². The van der Waals surface area contributed by atoms with E-state index < -0.39 is 6.10 Å². The van der Waals surface area contributed by atoms with Crippen LogP contribution in [0.5, 0.6) is 5.75 Å². The number of carbonyl (C=O) groups is 1. The van der Waals surface area contributed by atoms with Crippen LogP contribution in [0.15, 0.2) is 59.1 Å². The van der Waals surface area contributed by atoms with Gasteiger partial charge >= 0.3 is 0 Å². The molecule has 1 amide bonds. The van der Waals surface area contributed by atoms with Crippen LogP contribution in [0, 0.1) is 5.92 Å². The van der Waals surface area contributed by atoms with Crippen molar-refractivity contribution < 1.29 is 9.53 Å². The number of hydrogen-bond acceptors (Lipinski definition) is 2. The van der Waals surface area contributed by atoms with Gasteiger partial charge in [0.2, 0.25) is 0 Å². The van der Waals surface area contributed by atoms with E-state index in [1.54, 1.807) is 0 Å². The molecule has 0 aromatic heterocycles. The topological polar surface area (TPSA) is 29.5 Å². The minimum absolute atomic E-state index is 0.0843. The highest BCUT2D eigenvalue weighted by Gasteiger charge is 2.27. The molecule has 4 heteroatoms. The fraction of sp³-hybridized carbons (Fsp3) is 0.381. The maximum absolute atomic E-state index is 12.6. The van der Waals surface area contributed by atoms with Gasteiger partial charge in [0.1, 0.15) is 5.75 Å². The second-order valence-electron chi connectivity index (χ2n) is 6.67. The minimum atomic E-state index is -0.452. The van der Waals surface area contributed by atoms with Crippen molar-refractivity contribution in [2.24, 2.45) is 5.92 Å². The highest BCUT2D eigenvalue weighted by molar-refractivity contribution is 9.10. The summed E-state index contributed by atoms with van der Waals surface area (Å²) in [5.41, 5.74) is 1.39. The smallest absolute Gasteiger partial charge is 0.263 e. The zero-order valence-corrected chi connectivity index (χ0v) is 16.1. The molecule has 1 atom stereocenters. The monoisotopic (exact) mass is 401 g/mol. The molecule has 3 rings (SSSR count). The lowest BCUT2D eigenvalue weighted by atomic mass is 9.90. The van der Waals surface area contributed by atoms with Crippen molar-refractivity contribution >= 4 is 21.8 Å². The number of nitrogens with zero attached hydrogens (tertiary/aromatic N) is 1. The molecule has 25 heavy (non-hydrogen) atoms. The largest absolute Gasteiger partial charge is 0.481 e. The van der Waals surface area contributed by atoms with Crippen LogP contribution in [0.3, 0.4) is 0 Å². The Morgan fingerprint density at radius 2 is 1.76 bits per heavy atom. The van der Waals surface area contributed by atoms with Gasteiger partial charge in [0.05, 0.1) is 0 Å². The van der Waals surface area contributed by atoms with Crippen LogP contribution >= 0.6 is 15.9 Å². The Labute approximate surface area is 158 Å². The number of rotatable bonds is 5. The summed E-state index contributed by atoms with van der Waals surface area (Å²) in [5, 5.41) is 0. The number of carbonyl (C=O) groups excluding carboxylic acids is 1. The fourth-order valence-electron chi connectivity index (χ4n) is 3.33. The van der Waals surface area contributed by atoms with Crippen molar-refractivity contribution in [2.75, 3.05) is 13.1 Å². The molecule has 1 heterocycles. The Hall–Kier alpha value is -1.81. The first kappa shape index (κ1) is 18.0. The highest BCUT2D eigenvalue weighted by Crippen LogP contribution is 2.23. The van der Waals surface area contributed by atoms with Gasteiger partial charge in [-0.05, 0) is 61.9 Å². The zero-order valence-electron chi connectivity index (χ0n) is 14.5. The van der Waals surface area contributed by atoms with E-state index in [0.29, 0.717) is 5.92 Å². The van der Waals surface area contributed by atoms with Crippen molar-refractivity contribution in [1.82, 2.24) is 4.90 Å². The van der Waals surface area contributed by atoms with Gasteiger partial charge in [-0.15, -0.1) is 0 Å². The molecule has 0 saturated carbocycles. The molecule has 2 aromatic rings. The molecule has 0 radical (unpaired) electrons. The third-order valence-electron chi connectivity index (χ3n) is 4.77. The van der Waals surface area contributed by atoms with Crippen molar-refractivity contribution in [1.29, 1.82) is 0 Å². The molecule has 3 nitrogen and oxygen atoms in total. The van der Waals surface area contributed by atoms with Gasteiger partial charge in [-0.3, -0.25) is 4.79 Å². The second kappa shape index (κ2) is 8.52. The van der Waals surface area contributed by atoms with Crippen LogP contribution in [0.2, 0.25) is 0 Å². The van der Waals surface area contributed by atoms with Gasteiger partial charge in [-0.25, -0.2) is 0 Å². The number of amides is 1. The van der Waals surface area contributed by atoms with Crippen LogP contribution in [-0.4, -0.2) is 30.0 Å². The predicted octanol–water partition coefficient (Wildman–Crippen LogP) is 4.70. The zero-order chi connectivity index (χ0) is 17.6. The van der Waals surface area contributed by atoms with E-state index in [-0.39, 0.29) is 5.91 Å². The lowest BCUT2D eigenvalue weighted by Gasteiger charge is -2.33. The van der Waals surface area contributed by atoms with E-state index in [1.165, 1.54) is 5.56 Å². The van der Waals surface area contributed by atoms with Gasteiger partial charge < -0.3 is 9.64 Å². The average molecular weight is 402 g/mol. The van der Waals surface area contributed by atoms with Crippen molar-refractivity contribution in [3.63, 3.8) is 0 Å². The lowest BCUT2D eigenvalue weighted by molar-refractivity contribution is -0.139. The predicted molar refractivity (Wildman–Crippen MR) is 104 cm³/mol. The van der Waals surface area contributed by atoms with Crippen LogP contribution < -0.4 is 4.74 Å². The number of hydrogen-bond donors (Lipinski definition) is 0. The summed E-state index contributed by atoms with van der Waals surface area (Å²) in [6.07, 6.45) is 2.78. The minimum Gasteiger partial charge on any atom is -0.481 e. The SMILES string of the molecule is C[C@@H](Oc1ccc(Br)cc1)C(=O)N1CCC(Cc2ccccc2)CC1. The first-order valence-electron chi connectivity index (χ1n) is 8.87. The maximum atomic E-state index is 12.6. The van der Waals surface area contributed by atoms with Crippen molar-refractivity contribution in [3.05, 3.63) is 64.6 Å². The van der Waals surface area contributed by atoms with Gasteiger partial charge in [0.25, 0.3) is 5.91 Å². The molecular formula is C21H24BrNO2. The van der Waals surface area contributed by atoms with E-state index in [2.05, 4.69) is 46.3 Å². The first-order valence-corrected chi connectivity index (χ1v) is 9.66. The summed E-state index contributed by atoms with van der Waals surface area (Å²) >= 11 is 3.40. The molecule has 2 aromatic carbocycles. The lowest BCUT2D eigenvalue weighted by Crippen LogP contribution is -2.45. The van der Waals surface area contributed by atoms with Crippen LogP contribution in [0.4, 0.5) is 0 Å². The van der Waals surface area contributed by atoms with Crippen molar-refractivity contribution in [2.45, 2.75) is 32.3 Å². The van der Waals surface area contributed by atoms with Gasteiger partial charge in [-0.2, -0.15) is 0 Å². The summed E-state index contributed by atoms with van der Waals surface area (Å²) in [5.74, 6) is 1.47. The molecule has 0 unspecified atom stereocenters. The summed E-state index contributed by atoms with van der Waals surface area (Å²) in [6, 6.07) is 18.2. The molecular weight excluding hydrogens is 378 g/mol. The third kappa shape index (κ3) is 5.08. The third-order valence-corrected chi connectivity index (χ3v) is 5.30. The molecule has 1 saturated heterocycles. The molecule has 0 aliphatic carbocycles. The Kier molecular flexibility index (Phi) is 6.14. The Bertz CT molecular complexity index is 679. The highest BCUT2D eigenvalue weighted by atomic mass is 79.9. The van der Waals surface area contributed by atoms with Gasteiger partial charge in [-0.1, -0.05) is 46.3 Å². The standard InChI is InChI=1S/C21H24BrNO2/c1-16(25-20-9-7-19(22)8-10-20)21(24)23-13-11-18(12-14-23)15-17-5-3-2-4-6-17/h2-10,16,18H,11-15H2,1H3/t16-/m1/s1. The first-order chi connectivity index (χ1) is 12.1. The Morgan fingerprint density at radius 1 is 1.12 bits per heavy atom. The number of ether oxygens (including phenoxy) is 1. The summed E-state index contributed by atoms with van der Waals surface area (Å²) < 4.78 is 6.79. The van der Waals surface area contributed by atoms with E-state index in [1.807, 2.05) is 36.1 Å². The number of likely N-dealkylation sites (tertiary alicyclic amines) is 1. The number of halogens is 1. The maximum Gasteiger partial charge on any atom is 0.263 e. The van der Waals surface area contributed by atoms with Crippen LogP contribution in [0.1, 0.15) is 25.3 Å². The van der Waals surface area contributed by atoms with E-state index >= 15 is 0 Å². The van der Waals surface area contributed by atoms with Crippen LogP contribution in [0.25, 0.3) is 0 Å². The average Bonchev–Trinajstić information content (AvgIpc) is 2.64. The Morgan fingerprint density at radius 3 is 2.40 bits per heavy atom. The fourth-order valence-corrected chi connectivity index (χ4v) is 3.59. The molecule has 0 spiro atoms. The van der Waals surface area contributed by atoms with E-state index in [9.17, 15) is 4.79 Å².